The number of carbonyl (C=O) groups is 3. The molecular formula is C26H24FNO6. The van der Waals surface area contributed by atoms with Gasteiger partial charge in [0.2, 0.25) is 0 Å². The smallest absolute Gasteiger partial charge is 0.397 e. The topological polar surface area (TPSA) is 90.9 Å². The molecule has 0 unspecified atom stereocenters. The number of nitrogens with one attached hydrogen (secondary N) is 1. The monoisotopic (exact) mass is 465 g/mol. The van der Waals surface area contributed by atoms with Gasteiger partial charge >= 0.3 is 11.9 Å². The lowest BCUT2D eigenvalue weighted by atomic mass is 10.0. The zero-order chi connectivity index (χ0) is 24.8. The highest BCUT2D eigenvalue weighted by Crippen LogP contribution is 2.34. The molecule has 0 radical (unpaired) electrons. The summed E-state index contributed by atoms with van der Waals surface area (Å²) in [6.45, 7) is 5.29. The minimum atomic E-state index is -0.963. The van der Waals surface area contributed by atoms with Gasteiger partial charge in [0.1, 0.15) is 23.1 Å². The van der Waals surface area contributed by atoms with Gasteiger partial charge in [-0.1, -0.05) is 0 Å². The van der Waals surface area contributed by atoms with Crippen molar-refractivity contribution in [2.24, 2.45) is 0 Å². The molecule has 0 aromatic heterocycles. The Morgan fingerprint density at radius 1 is 0.941 bits per heavy atom. The third-order valence-electron chi connectivity index (χ3n) is 4.92. The molecule has 0 saturated heterocycles. The van der Waals surface area contributed by atoms with E-state index >= 15 is 0 Å². The van der Waals surface area contributed by atoms with Gasteiger partial charge < -0.3 is 19.5 Å². The predicted molar refractivity (Wildman–Crippen MR) is 124 cm³/mol. The van der Waals surface area contributed by atoms with Gasteiger partial charge in [0.25, 0.3) is 0 Å². The number of hydrogen-bond donors (Lipinski definition) is 1. The third-order valence-corrected chi connectivity index (χ3v) is 4.92. The first-order valence-electron chi connectivity index (χ1n) is 10.5. The molecule has 7 nitrogen and oxygen atoms in total. The molecule has 8 heteroatoms. The largest absolute Gasteiger partial charge is 0.496 e. The fraction of sp³-hybridized carbons (Fsp3) is 0.192. The van der Waals surface area contributed by atoms with Crippen molar-refractivity contribution in [2.75, 3.05) is 19.0 Å². The Balaban J connectivity index is 1.87. The summed E-state index contributed by atoms with van der Waals surface area (Å²) in [5, 5.41) is 2.50. The second-order valence-corrected chi connectivity index (χ2v) is 7.41. The van der Waals surface area contributed by atoms with Crippen LogP contribution in [0.3, 0.4) is 0 Å². The number of esters is 1. The molecule has 0 aliphatic rings. The minimum absolute atomic E-state index is 0.102. The Hall–Kier alpha value is -4.20. The quantitative estimate of drug-likeness (QED) is 0.301. The number of ether oxygens (including phenoxy) is 3. The van der Waals surface area contributed by atoms with Crippen LogP contribution in [0.1, 0.15) is 34.0 Å². The van der Waals surface area contributed by atoms with E-state index in [2.05, 4.69) is 5.32 Å². The van der Waals surface area contributed by atoms with Crippen molar-refractivity contribution in [1.82, 2.24) is 0 Å². The molecule has 0 aliphatic heterocycles. The summed E-state index contributed by atoms with van der Waals surface area (Å²) in [6, 6.07) is 13.4. The Morgan fingerprint density at radius 2 is 1.59 bits per heavy atom. The molecule has 0 aliphatic carbocycles. The number of amides is 1. The van der Waals surface area contributed by atoms with E-state index < -0.39 is 17.7 Å². The van der Waals surface area contributed by atoms with Crippen molar-refractivity contribution < 1.29 is 33.0 Å². The van der Waals surface area contributed by atoms with E-state index in [0.29, 0.717) is 39.6 Å². The summed E-state index contributed by atoms with van der Waals surface area (Å²) in [4.78, 5) is 36.5. The van der Waals surface area contributed by atoms with Crippen LogP contribution in [0.2, 0.25) is 0 Å². The second-order valence-electron chi connectivity index (χ2n) is 7.41. The number of hydrogen-bond acceptors (Lipinski definition) is 6. The lowest BCUT2D eigenvalue weighted by Gasteiger charge is -2.16. The molecule has 0 bridgehead atoms. The standard InChI is InChI=1S/C26H24FNO6/c1-5-33-26(31)25(30)28-19-12-15(2)24(16(3)13-19)34-20-10-11-22(32-4)21(14-20)23(29)17-6-8-18(27)9-7-17/h6-14H,5H2,1-4H3,(H,28,30). The molecule has 0 heterocycles. The zero-order valence-electron chi connectivity index (χ0n) is 19.2. The van der Waals surface area contributed by atoms with Crippen molar-refractivity contribution in [3.63, 3.8) is 0 Å². The van der Waals surface area contributed by atoms with Crippen molar-refractivity contribution >= 4 is 23.3 Å². The number of carbonyl (C=O) groups excluding carboxylic acids is 3. The fourth-order valence-corrected chi connectivity index (χ4v) is 3.36. The van der Waals surface area contributed by atoms with Crippen LogP contribution in [0.15, 0.2) is 54.6 Å². The number of methoxy groups -OCH3 is 1. The maximum Gasteiger partial charge on any atom is 0.397 e. The highest BCUT2D eigenvalue weighted by atomic mass is 19.1. The van der Waals surface area contributed by atoms with Gasteiger partial charge in [0.05, 0.1) is 19.3 Å². The predicted octanol–water partition coefficient (Wildman–Crippen LogP) is 4.98. The molecule has 34 heavy (non-hydrogen) atoms. The SMILES string of the molecule is CCOC(=O)C(=O)Nc1cc(C)c(Oc2ccc(OC)c(C(=O)c3ccc(F)cc3)c2)c(C)c1. The van der Waals surface area contributed by atoms with Gasteiger partial charge in [-0.05, 0) is 86.5 Å². The summed E-state index contributed by atoms with van der Waals surface area (Å²) < 4.78 is 29.3. The second kappa shape index (κ2) is 10.6. The molecule has 0 spiro atoms. The van der Waals surface area contributed by atoms with Crippen LogP contribution >= 0.6 is 0 Å². The molecule has 3 aromatic carbocycles. The molecule has 0 saturated carbocycles. The van der Waals surface area contributed by atoms with E-state index in [0.717, 1.165) is 0 Å². The molecule has 1 N–H and O–H groups in total. The van der Waals surface area contributed by atoms with Crippen LogP contribution in [-0.4, -0.2) is 31.4 Å². The normalized spacial score (nSPS) is 10.4. The summed E-state index contributed by atoms with van der Waals surface area (Å²) in [5.41, 5.74) is 2.39. The Labute approximate surface area is 196 Å². The first kappa shape index (κ1) is 24.4. The van der Waals surface area contributed by atoms with Gasteiger partial charge in [-0.3, -0.25) is 9.59 Å². The minimum Gasteiger partial charge on any atom is -0.496 e. The van der Waals surface area contributed by atoms with E-state index in [1.807, 2.05) is 0 Å². The highest BCUT2D eigenvalue weighted by Gasteiger charge is 2.19. The van der Waals surface area contributed by atoms with E-state index in [1.54, 1.807) is 51.1 Å². The molecule has 0 atom stereocenters. The molecule has 1 amide bonds. The maximum atomic E-state index is 13.3. The molecule has 176 valence electrons. The average Bonchev–Trinajstić information content (AvgIpc) is 2.81. The highest BCUT2D eigenvalue weighted by molar-refractivity contribution is 6.37. The molecular weight excluding hydrogens is 441 g/mol. The van der Waals surface area contributed by atoms with Crippen molar-refractivity contribution in [2.45, 2.75) is 20.8 Å². The first-order chi connectivity index (χ1) is 16.2. The van der Waals surface area contributed by atoms with E-state index in [9.17, 15) is 18.8 Å². The lowest BCUT2D eigenvalue weighted by Crippen LogP contribution is -2.25. The summed E-state index contributed by atoms with van der Waals surface area (Å²) in [6.07, 6.45) is 0. The number of halogens is 1. The van der Waals surface area contributed by atoms with Crippen molar-refractivity contribution in [3.8, 4) is 17.2 Å². The van der Waals surface area contributed by atoms with Crippen LogP contribution in [-0.2, 0) is 14.3 Å². The fourth-order valence-electron chi connectivity index (χ4n) is 3.36. The van der Waals surface area contributed by atoms with E-state index in [4.69, 9.17) is 14.2 Å². The zero-order valence-corrected chi connectivity index (χ0v) is 19.2. The van der Waals surface area contributed by atoms with Crippen molar-refractivity contribution in [1.29, 1.82) is 0 Å². The van der Waals surface area contributed by atoms with Gasteiger partial charge in [0.15, 0.2) is 5.78 Å². The average molecular weight is 465 g/mol. The van der Waals surface area contributed by atoms with Gasteiger partial charge in [0, 0.05) is 11.3 Å². The van der Waals surface area contributed by atoms with E-state index in [1.165, 1.54) is 31.4 Å². The number of aryl methyl sites for hydroxylation is 2. The van der Waals surface area contributed by atoms with E-state index in [-0.39, 0.29) is 18.0 Å². The maximum absolute atomic E-state index is 13.3. The summed E-state index contributed by atoms with van der Waals surface area (Å²) in [5.74, 6) is -1.34. The lowest BCUT2D eigenvalue weighted by molar-refractivity contribution is -0.152. The first-order valence-corrected chi connectivity index (χ1v) is 10.5. The number of rotatable bonds is 7. The Bertz CT molecular complexity index is 1210. The number of ketones is 1. The van der Waals surface area contributed by atoms with Crippen LogP contribution in [0.4, 0.5) is 10.1 Å². The molecule has 0 fully saturated rings. The van der Waals surface area contributed by atoms with Crippen LogP contribution in [0, 0.1) is 19.7 Å². The Morgan fingerprint density at radius 3 is 2.18 bits per heavy atom. The number of benzene rings is 3. The van der Waals surface area contributed by atoms with Crippen LogP contribution in [0.5, 0.6) is 17.2 Å². The van der Waals surface area contributed by atoms with Gasteiger partial charge in [-0.25, -0.2) is 9.18 Å². The molecule has 3 aromatic rings. The van der Waals surface area contributed by atoms with Crippen LogP contribution in [0.25, 0.3) is 0 Å². The summed E-state index contributed by atoms with van der Waals surface area (Å²) >= 11 is 0. The Kier molecular flexibility index (Phi) is 7.63. The number of anilines is 1. The third kappa shape index (κ3) is 5.58. The summed E-state index contributed by atoms with van der Waals surface area (Å²) in [7, 11) is 1.45. The van der Waals surface area contributed by atoms with Crippen LogP contribution < -0.4 is 14.8 Å². The van der Waals surface area contributed by atoms with Gasteiger partial charge in [-0.15, -0.1) is 0 Å². The molecule has 3 rings (SSSR count). The van der Waals surface area contributed by atoms with Crippen molar-refractivity contribution in [3.05, 3.63) is 82.7 Å². The van der Waals surface area contributed by atoms with Gasteiger partial charge in [-0.2, -0.15) is 0 Å².